The van der Waals surface area contributed by atoms with E-state index in [0.29, 0.717) is 18.9 Å². The molecule has 1 saturated carbocycles. The van der Waals surface area contributed by atoms with Crippen molar-refractivity contribution in [3.05, 3.63) is 0 Å². The van der Waals surface area contributed by atoms with Crippen LogP contribution in [0.4, 0.5) is 4.79 Å². The quantitative estimate of drug-likeness (QED) is 0.581. The second kappa shape index (κ2) is 2.47. The van der Waals surface area contributed by atoms with Crippen molar-refractivity contribution >= 4 is 11.9 Å². The Hall–Kier alpha value is -1.06. The maximum atomic E-state index is 11.1. The summed E-state index contributed by atoms with van der Waals surface area (Å²) < 4.78 is 0. The van der Waals surface area contributed by atoms with Crippen LogP contribution in [0.2, 0.25) is 0 Å². The first kappa shape index (κ1) is 7.58. The van der Waals surface area contributed by atoms with E-state index in [4.69, 9.17) is 5.11 Å². The molecule has 0 aromatic rings. The van der Waals surface area contributed by atoms with Gasteiger partial charge in [-0.05, 0) is 18.8 Å². The summed E-state index contributed by atoms with van der Waals surface area (Å²) in [4.78, 5) is 23.0. The average molecular weight is 169 g/mol. The Bertz CT molecular complexity index is 230. The molecule has 1 aliphatic heterocycles. The topological polar surface area (TPSA) is 57.6 Å². The van der Waals surface area contributed by atoms with E-state index in [9.17, 15) is 9.59 Å². The number of carboxylic acid groups (broad SMARTS) is 1. The highest BCUT2D eigenvalue weighted by Crippen LogP contribution is 2.36. The van der Waals surface area contributed by atoms with Gasteiger partial charge < -0.3 is 5.11 Å². The first-order chi connectivity index (χ1) is 5.70. The summed E-state index contributed by atoms with van der Waals surface area (Å²) in [5.41, 5.74) is 0. The SMILES string of the molecule is O=C1C[C@@H]2CCCN(C(=O)O)[C@H]12. The number of piperidine rings is 1. The largest absolute Gasteiger partial charge is 0.465 e. The van der Waals surface area contributed by atoms with Crippen LogP contribution in [0.25, 0.3) is 0 Å². The van der Waals surface area contributed by atoms with Crippen molar-refractivity contribution in [2.75, 3.05) is 6.54 Å². The third-order valence-corrected chi connectivity index (χ3v) is 2.80. The monoisotopic (exact) mass is 169 g/mol. The van der Waals surface area contributed by atoms with E-state index in [2.05, 4.69) is 0 Å². The molecule has 0 spiro atoms. The van der Waals surface area contributed by atoms with Crippen molar-refractivity contribution in [2.45, 2.75) is 25.3 Å². The first-order valence-electron chi connectivity index (χ1n) is 4.22. The van der Waals surface area contributed by atoms with Gasteiger partial charge in [-0.15, -0.1) is 0 Å². The lowest BCUT2D eigenvalue weighted by molar-refractivity contribution is -0.138. The fraction of sp³-hybridized carbons (Fsp3) is 0.750. The van der Waals surface area contributed by atoms with Crippen molar-refractivity contribution < 1.29 is 14.7 Å². The Morgan fingerprint density at radius 3 is 2.83 bits per heavy atom. The minimum Gasteiger partial charge on any atom is -0.465 e. The van der Waals surface area contributed by atoms with Crippen molar-refractivity contribution in [2.24, 2.45) is 5.92 Å². The van der Waals surface area contributed by atoms with Gasteiger partial charge in [-0.3, -0.25) is 9.69 Å². The molecule has 4 nitrogen and oxygen atoms in total. The summed E-state index contributed by atoms with van der Waals surface area (Å²) in [6.07, 6.45) is 1.56. The number of likely N-dealkylation sites (tertiary alicyclic amines) is 1. The Kier molecular flexibility index (Phi) is 1.56. The third kappa shape index (κ3) is 0.906. The van der Waals surface area contributed by atoms with Gasteiger partial charge in [0.05, 0.1) is 6.04 Å². The lowest BCUT2D eigenvalue weighted by atomic mass is 9.72. The predicted molar refractivity (Wildman–Crippen MR) is 40.9 cm³/mol. The van der Waals surface area contributed by atoms with Gasteiger partial charge in [-0.25, -0.2) is 4.79 Å². The van der Waals surface area contributed by atoms with Gasteiger partial charge in [-0.1, -0.05) is 0 Å². The van der Waals surface area contributed by atoms with Crippen molar-refractivity contribution in [3.63, 3.8) is 0 Å². The van der Waals surface area contributed by atoms with Crippen LogP contribution in [-0.4, -0.2) is 34.5 Å². The number of Topliss-reactive ketones (excluding diaryl/α,β-unsaturated/α-hetero) is 1. The minimum atomic E-state index is -0.947. The Morgan fingerprint density at radius 1 is 1.58 bits per heavy atom. The summed E-state index contributed by atoms with van der Waals surface area (Å²) >= 11 is 0. The molecule has 2 fully saturated rings. The zero-order valence-corrected chi connectivity index (χ0v) is 6.69. The zero-order valence-electron chi connectivity index (χ0n) is 6.69. The number of nitrogens with zero attached hydrogens (tertiary/aromatic N) is 1. The zero-order chi connectivity index (χ0) is 8.72. The Labute approximate surface area is 70.2 Å². The molecular formula is C8H11NO3. The molecule has 4 heteroatoms. The van der Waals surface area contributed by atoms with Gasteiger partial charge in [-0.2, -0.15) is 0 Å². The van der Waals surface area contributed by atoms with Gasteiger partial charge in [0.25, 0.3) is 0 Å². The predicted octanol–water partition coefficient (Wildman–Crippen LogP) is 0.718. The van der Waals surface area contributed by atoms with Crippen LogP contribution >= 0.6 is 0 Å². The highest BCUT2D eigenvalue weighted by atomic mass is 16.4. The summed E-state index contributed by atoms with van der Waals surface area (Å²) in [6.45, 7) is 0.530. The standard InChI is InChI=1S/C8H11NO3/c10-6-4-5-2-1-3-9(7(5)6)8(11)12/h5,7H,1-4H2,(H,11,12)/t5-,7-/m0/s1. The van der Waals surface area contributed by atoms with E-state index in [1.54, 1.807) is 0 Å². The molecule has 1 aliphatic carbocycles. The Balaban J connectivity index is 2.12. The molecule has 0 unspecified atom stereocenters. The highest BCUT2D eigenvalue weighted by molar-refractivity contribution is 5.93. The first-order valence-corrected chi connectivity index (χ1v) is 4.22. The van der Waals surface area contributed by atoms with E-state index in [0.717, 1.165) is 12.8 Å². The lowest BCUT2D eigenvalue weighted by Gasteiger charge is -2.45. The summed E-state index contributed by atoms with van der Waals surface area (Å²) in [5.74, 6) is 0.421. The van der Waals surface area contributed by atoms with E-state index in [1.165, 1.54) is 4.90 Å². The molecule has 1 amide bonds. The fourth-order valence-electron chi connectivity index (χ4n) is 2.16. The van der Waals surface area contributed by atoms with Gasteiger partial charge in [0, 0.05) is 13.0 Å². The van der Waals surface area contributed by atoms with Gasteiger partial charge in [0.1, 0.15) is 0 Å². The minimum absolute atomic E-state index is 0.0992. The molecule has 66 valence electrons. The van der Waals surface area contributed by atoms with Crippen LogP contribution < -0.4 is 0 Å². The normalized spacial score (nSPS) is 34.0. The number of carbonyl (C=O) groups is 2. The van der Waals surface area contributed by atoms with E-state index in [1.807, 2.05) is 0 Å². The van der Waals surface area contributed by atoms with Crippen LogP contribution in [0.5, 0.6) is 0 Å². The maximum absolute atomic E-state index is 11.1. The molecule has 1 N–H and O–H groups in total. The number of fused-ring (bicyclic) bond motifs is 1. The fourth-order valence-corrected chi connectivity index (χ4v) is 2.16. The molecular weight excluding hydrogens is 158 g/mol. The molecule has 1 heterocycles. The van der Waals surface area contributed by atoms with Crippen LogP contribution in [0.3, 0.4) is 0 Å². The second-order valence-electron chi connectivity index (χ2n) is 3.49. The van der Waals surface area contributed by atoms with Crippen LogP contribution in [0.15, 0.2) is 0 Å². The molecule has 2 rings (SSSR count). The summed E-state index contributed by atoms with van der Waals surface area (Å²) in [7, 11) is 0. The molecule has 0 radical (unpaired) electrons. The smallest absolute Gasteiger partial charge is 0.407 e. The van der Waals surface area contributed by atoms with Crippen LogP contribution in [-0.2, 0) is 4.79 Å². The molecule has 0 aromatic heterocycles. The number of amides is 1. The van der Waals surface area contributed by atoms with Crippen molar-refractivity contribution in [1.29, 1.82) is 0 Å². The lowest BCUT2D eigenvalue weighted by Crippen LogP contribution is -2.59. The number of rotatable bonds is 0. The second-order valence-corrected chi connectivity index (χ2v) is 3.49. The maximum Gasteiger partial charge on any atom is 0.407 e. The summed E-state index contributed by atoms with van der Waals surface area (Å²) in [5, 5.41) is 8.75. The highest BCUT2D eigenvalue weighted by Gasteiger charge is 2.47. The molecule has 0 bridgehead atoms. The number of ketones is 1. The molecule has 1 saturated heterocycles. The number of hydrogen-bond donors (Lipinski definition) is 1. The molecule has 0 aromatic carbocycles. The van der Waals surface area contributed by atoms with Gasteiger partial charge in [0.15, 0.2) is 5.78 Å². The molecule has 2 atom stereocenters. The average Bonchev–Trinajstić information content (AvgIpc) is 2.01. The van der Waals surface area contributed by atoms with Crippen molar-refractivity contribution in [1.82, 2.24) is 4.90 Å². The van der Waals surface area contributed by atoms with Crippen LogP contribution in [0.1, 0.15) is 19.3 Å². The summed E-state index contributed by atoms with van der Waals surface area (Å²) in [6, 6.07) is -0.295. The van der Waals surface area contributed by atoms with Crippen LogP contribution in [0, 0.1) is 5.92 Å². The number of carbonyl (C=O) groups excluding carboxylic acids is 1. The number of hydrogen-bond acceptors (Lipinski definition) is 2. The van der Waals surface area contributed by atoms with E-state index in [-0.39, 0.29) is 11.8 Å². The van der Waals surface area contributed by atoms with Crippen molar-refractivity contribution in [3.8, 4) is 0 Å². The third-order valence-electron chi connectivity index (χ3n) is 2.80. The van der Waals surface area contributed by atoms with Gasteiger partial charge in [0.2, 0.25) is 0 Å². The molecule has 2 aliphatic rings. The van der Waals surface area contributed by atoms with E-state index >= 15 is 0 Å². The Morgan fingerprint density at radius 2 is 2.33 bits per heavy atom. The molecule has 12 heavy (non-hydrogen) atoms. The van der Waals surface area contributed by atoms with E-state index < -0.39 is 6.09 Å². The van der Waals surface area contributed by atoms with Gasteiger partial charge >= 0.3 is 6.09 Å².